The molecule has 0 unspecified atom stereocenters. The van der Waals surface area contributed by atoms with Crippen LogP contribution >= 0.6 is 0 Å². The van der Waals surface area contributed by atoms with Crippen LogP contribution in [0.3, 0.4) is 0 Å². The molecule has 0 aliphatic carbocycles. The molecule has 0 saturated heterocycles. The third-order valence-electron chi connectivity index (χ3n) is 3.86. The molecule has 0 aliphatic heterocycles. The summed E-state index contributed by atoms with van der Waals surface area (Å²) in [6.45, 7) is 12.7. The van der Waals surface area contributed by atoms with Gasteiger partial charge < -0.3 is 15.5 Å². The van der Waals surface area contributed by atoms with E-state index in [1.165, 1.54) is 0 Å². The van der Waals surface area contributed by atoms with Gasteiger partial charge in [-0.2, -0.15) is 0 Å². The minimum Gasteiger partial charge on any atom is -0.507 e. The summed E-state index contributed by atoms with van der Waals surface area (Å²) in [5.74, 6) is 0.292. The van der Waals surface area contributed by atoms with Crippen LogP contribution in [0.2, 0.25) is 0 Å². The van der Waals surface area contributed by atoms with E-state index in [0.717, 1.165) is 16.7 Å². The van der Waals surface area contributed by atoms with Crippen LogP contribution in [0.25, 0.3) is 0 Å². The first-order valence-electron chi connectivity index (χ1n) is 8.21. The molecule has 0 spiro atoms. The molecule has 3 N–H and O–H groups in total. The lowest BCUT2D eigenvalue weighted by Crippen LogP contribution is -2.26. The van der Waals surface area contributed by atoms with Crippen LogP contribution in [0.15, 0.2) is 12.1 Å². The fourth-order valence-electron chi connectivity index (χ4n) is 2.52. The van der Waals surface area contributed by atoms with Gasteiger partial charge in [0, 0.05) is 13.0 Å². The molecule has 1 aromatic carbocycles. The summed E-state index contributed by atoms with van der Waals surface area (Å²) in [4.78, 5) is 11.7. The predicted octanol–water partition coefficient (Wildman–Crippen LogP) is 3.03. The molecule has 4 nitrogen and oxygen atoms in total. The number of carbonyl (C=O) groups is 1. The van der Waals surface area contributed by atoms with Crippen molar-refractivity contribution in [1.82, 2.24) is 5.32 Å². The lowest BCUT2D eigenvalue weighted by Gasteiger charge is -2.28. The maximum Gasteiger partial charge on any atom is 0.220 e. The number of nitrogens with one attached hydrogen (secondary N) is 1. The monoisotopic (exact) mass is 321 g/mol. The molecule has 1 aromatic rings. The van der Waals surface area contributed by atoms with E-state index >= 15 is 0 Å². The molecule has 23 heavy (non-hydrogen) atoms. The van der Waals surface area contributed by atoms with Crippen LogP contribution in [-0.2, 0) is 22.0 Å². The molecule has 1 rings (SSSR count). The Morgan fingerprint density at radius 3 is 1.91 bits per heavy atom. The van der Waals surface area contributed by atoms with E-state index in [-0.39, 0.29) is 29.9 Å². The number of hydrogen-bond donors (Lipinski definition) is 3. The lowest BCUT2D eigenvalue weighted by molar-refractivity contribution is -0.121. The molecule has 0 fully saturated rings. The highest BCUT2D eigenvalue weighted by molar-refractivity contribution is 5.76. The van der Waals surface area contributed by atoms with Gasteiger partial charge in [-0.1, -0.05) is 53.7 Å². The highest BCUT2D eigenvalue weighted by atomic mass is 16.3. The Morgan fingerprint density at radius 1 is 1.04 bits per heavy atom. The van der Waals surface area contributed by atoms with Crippen molar-refractivity contribution in [3.05, 3.63) is 28.8 Å². The number of hydrogen-bond acceptors (Lipinski definition) is 3. The van der Waals surface area contributed by atoms with E-state index in [0.29, 0.717) is 18.6 Å². The number of amides is 1. The molecule has 0 heterocycles. The van der Waals surface area contributed by atoms with Crippen LogP contribution < -0.4 is 5.32 Å². The number of benzene rings is 1. The first-order chi connectivity index (χ1) is 10.5. The normalized spacial score (nSPS) is 12.3. The van der Waals surface area contributed by atoms with Crippen LogP contribution in [0.1, 0.15) is 64.7 Å². The van der Waals surface area contributed by atoms with Crippen molar-refractivity contribution >= 4 is 5.91 Å². The zero-order valence-electron chi connectivity index (χ0n) is 15.3. The second-order valence-corrected chi connectivity index (χ2v) is 8.11. The fraction of sp³-hybridized carbons (Fsp3) is 0.632. The highest BCUT2D eigenvalue weighted by Gasteiger charge is 2.26. The van der Waals surface area contributed by atoms with Gasteiger partial charge in [-0.05, 0) is 33.9 Å². The summed E-state index contributed by atoms with van der Waals surface area (Å²) in [7, 11) is 0. The third-order valence-corrected chi connectivity index (χ3v) is 3.86. The zero-order valence-corrected chi connectivity index (χ0v) is 15.3. The van der Waals surface area contributed by atoms with Crippen LogP contribution in [0.5, 0.6) is 5.75 Å². The molecular formula is C19H31NO3. The maximum absolute atomic E-state index is 11.7. The van der Waals surface area contributed by atoms with E-state index in [2.05, 4.69) is 46.9 Å². The number of aliphatic hydroxyl groups excluding tert-OH is 1. The average molecular weight is 321 g/mol. The molecule has 4 heteroatoms. The maximum atomic E-state index is 11.7. The van der Waals surface area contributed by atoms with Gasteiger partial charge in [0.15, 0.2) is 0 Å². The number of aryl methyl sites for hydroxylation is 1. The largest absolute Gasteiger partial charge is 0.507 e. The summed E-state index contributed by atoms with van der Waals surface area (Å²) < 4.78 is 0. The van der Waals surface area contributed by atoms with Gasteiger partial charge in [0.2, 0.25) is 5.91 Å². The number of phenolic OH excluding ortho intramolecular Hbond substituents is 1. The van der Waals surface area contributed by atoms with E-state index < -0.39 is 0 Å². The quantitative estimate of drug-likeness (QED) is 0.781. The summed E-state index contributed by atoms with van der Waals surface area (Å²) in [5, 5.41) is 22.1. The van der Waals surface area contributed by atoms with Crippen molar-refractivity contribution in [2.24, 2.45) is 0 Å². The van der Waals surface area contributed by atoms with Crippen molar-refractivity contribution in [1.29, 1.82) is 0 Å². The molecule has 0 bridgehead atoms. The summed E-state index contributed by atoms with van der Waals surface area (Å²) in [5.41, 5.74) is 2.54. The van der Waals surface area contributed by atoms with E-state index in [1.807, 2.05) is 12.1 Å². The Morgan fingerprint density at radius 2 is 1.52 bits per heavy atom. The number of aromatic hydroxyl groups is 1. The lowest BCUT2D eigenvalue weighted by atomic mass is 9.78. The summed E-state index contributed by atoms with van der Waals surface area (Å²) in [6, 6.07) is 4.01. The molecular weight excluding hydrogens is 290 g/mol. The van der Waals surface area contributed by atoms with Crippen molar-refractivity contribution < 1.29 is 15.0 Å². The summed E-state index contributed by atoms with van der Waals surface area (Å²) in [6.07, 6.45) is 0.988. The third kappa shape index (κ3) is 5.54. The van der Waals surface area contributed by atoms with Gasteiger partial charge in [-0.3, -0.25) is 4.79 Å². The van der Waals surface area contributed by atoms with Gasteiger partial charge in [0.25, 0.3) is 0 Å². The van der Waals surface area contributed by atoms with Crippen LogP contribution in [0.4, 0.5) is 0 Å². The standard InChI is InChI=1S/C19H31NO3/c1-18(2,3)14-11-13(7-8-16(22)20-9-10-21)12-15(17(14)23)19(4,5)6/h11-12,21,23H,7-10H2,1-6H3,(H,20,22). The van der Waals surface area contributed by atoms with Gasteiger partial charge >= 0.3 is 0 Å². The molecule has 130 valence electrons. The molecule has 1 amide bonds. The second-order valence-electron chi connectivity index (χ2n) is 8.11. The fourth-order valence-corrected chi connectivity index (χ4v) is 2.52. The van der Waals surface area contributed by atoms with Gasteiger partial charge in [-0.15, -0.1) is 0 Å². The number of rotatable bonds is 5. The topological polar surface area (TPSA) is 69.6 Å². The Hall–Kier alpha value is -1.55. The van der Waals surface area contributed by atoms with Gasteiger partial charge in [-0.25, -0.2) is 0 Å². The predicted molar refractivity (Wildman–Crippen MR) is 93.9 cm³/mol. The van der Waals surface area contributed by atoms with Crippen molar-refractivity contribution in [2.45, 2.75) is 65.2 Å². The zero-order chi connectivity index (χ0) is 17.8. The second kappa shape index (κ2) is 7.35. The number of aliphatic hydroxyl groups is 1. The Balaban J connectivity index is 3.11. The average Bonchev–Trinajstić information content (AvgIpc) is 2.41. The van der Waals surface area contributed by atoms with Gasteiger partial charge in [0.05, 0.1) is 6.61 Å². The first kappa shape index (κ1) is 19.5. The molecule has 0 atom stereocenters. The van der Waals surface area contributed by atoms with Crippen molar-refractivity contribution in [2.75, 3.05) is 13.2 Å². The SMILES string of the molecule is CC(C)(C)c1cc(CCC(=O)NCCO)cc(C(C)(C)C)c1O. The van der Waals surface area contributed by atoms with E-state index in [9.17, 15) is 9.90 Å². The smallest absolute Gasteiger partial charge is 0.220 e. The molecule has 0 aromatic heterocycles. The van der Waals surface area contributed by atoms with Crippen LogP contribution in [0, 0.1) is 0 Å². The van der Waals surface area contributed by atoms with Crippen molar-refractivity contribution in [3.63, 3.8) is 0 Å². The van der Waals surface area contributed by atoms with Crippen LogP contribution in [-0.4, -0.2) is 29.3 Å². The molecule has 0 radical (unpaired) electrons. The first-order valence-corrected chi connectivity index (χ1v) is 8.21. The minimum atomic E-state index is -0.167. The summed E-state index contributed by atoms with van der Waals surface area (Å²) >= 11 is 0. The molecule has 0 aliphatic rings. The minimum absolute atomic E-state index is 0.0483. The van der Waals surface area contributed by atoms with Crippen molar-refractivity contribution in [3.8, 4) is 5.75 Å². The Labute approximate surface area is 139 Å². The number of phenols is 1. The Kier molecular flexibility index (Phi) is 6.23. The highest BCUT2D eigenvalue weighted by Crippen LogP contribution is 2.39. The van der Waals surface area contributed by atoms with E-state index in [4.69, 9.17) is 5.11 Å². The van der Waals surface area contributed by atoms with Gasteiger partial charge in [0.1, 0.15) is 5.75 Å². The van der Waals surface area contributed by atoms with E-state index in [1.54, 1.807) is 0 Å². The molecule has 0 saturated carbocycles. The Bertz CT molecular complexity index is 516. The number of carbonyl (C=O) groups excluding carboxylic acids is 1.